The number of fused-ring (bicyclic) bond motifs is 1. The van der Waals surface area contributed by atoms with Crippen molar-refractivity contribution in [1.82, 2.24) is 9.97 Å². The van der Waals surface area contributed by atoms with E-state index in [2.05, 4.69) is 9.97 Å². The highest BCUT2D eigenvalue weighted by molar-refractivity contribution is 5.73. The van der Waals surface area contributed by atoms with Crippen LogP contribution >= 0.6 is 0 Å². The van der Waals surface area contributed by atoms with E-state index in [1.165, 1.54) is 0 Å². The Kier molecular flexibility index (Phi) is 1.94. The second-order valence-corrected chi connectivity index (χ2v) is 2.99. The predicted molar refractivity (Wildman–Crippen MR) is 50.2 cm³/mol. The molecule has 3 nitrogen and oxygen atoms in total. The Labute approximate surface area is 76.1 Å². The molecule has 0 radical (unpaired) electrons. The minimum Gasteiger partial charge on any atom is -0.389 e. The minimum absolute atomic E-state index is 0.487. The molecule has 0 aliphatic heterocycles. The molecule has 0 fully saturated rings. The number of aromatic nitrogens is 2. The number of rotatable bonds is 1. The summed E-state index contributed by atoms with van der Waals surface area (Å²) in [5.41, 5.74) is 2.47. The van der Waals surface area contributed by atoms with Crippen LogP contribution in [0.1, 0.15) is 18.6 Å². The van der Waals surface area contributed by atoms with Gasteiger partial charge < -0.3 is 5.11 Å². The summed E-state index contributed by atoms with van der Waals surface area (Å²) in [5, 5.41) is 9.32. The van der Waals surface area contributed by atoms with Gasteiger partial charge in [-0.1, -0.05) is 0 Å². The van der Waals surface area contributed by atoms with Crippen molar-refractivity contribution in [2.45, 2.75) is 13.0 Å². The van der Waals surface area contributed by atoms with Gasteiger partial charge in [-0.2, -0.15) is 0 Å². The molecule has 0 saturated carbocycles. The molecular weight excluding hydrogens is 164 g/mol. The van der Waals surface area contributed by atoms with E-state index < -0.39 is 6.10 Å². The lowest BCUT2D eigenvalue weighted by Crippen LogP contribution is -1.93. The molecule has 2 heterocycles. The fourth-order valence-corrected chi connectivity index (χ4v) is 1.20. The van der Waals surface area contributed by atoms with Crippen LogP contribution in [0.2, 0.25) is 0 Å². The third-order valence-corrected chi connectivity index (χ3v) is 1.95. The van der Waals surface area contributed by atoms with Crippen LogP contribution in [0.15, 0.2) is 30.6 Å². The summed E-state index contributed by atoms with van der Waals surface area (Å²) in [4.78, 5) is 8.33. The summed E-state index contributed by atoms with van der Waals surface area (Å²) in [7, 11) is 0. The number of pyridine rings is 2. The maximum Gasteiger partial charge on any atom is 0.0890 e. The topological polar surface area (TPSA) is 46.0 Å². The van der Waals surface area contributed by atoms with Crippen LogP contribution in [0.25, 0.3) is 11.0 Å². The minimum atomic E-state index is -0.487. The standard InChI is InChI=1S/C10H10N2O/c1-7(13)8-5-10-9(12-6-8)3-2-4-11-10/h2-7,13H,1H3/t7-/m1/s1. The number of nitrogens with zero attached hydrogens (tertiary/aromatic N) is 2. The van der Waals surface area contributed by atoms with Gasteiger partial charge >= 0.3 is 0 Å². The molecule has 0 aliphatic carbocycles. The van der Waals surface area contributed by atoms with Gasteiger partial charge in [0.2, 0.25) is 0 Å². The van der Waals surface area contributed by atoms with E-state index in [-0.39, 0.29) is 0 Å². The SMILES string of the molecule is C[C@@H](O)c1cnc2cccnc2c1. The van der Waals surface area contributed by atoms with Crippen molar-refractivity contribution in [3.63, 3.8) is 0 Å². The molecule has 13 heavy (non-hydrogen) atoms. The van der Waals surface area contributed by atoms with Crippen molar-refractivity contribution >= 4 is 11.0 Å². The molecule has 0 spiro atoms. The van der Waals surface area contributed by atoms with Crippen molar-refractivity contribution in [3.05, 3.63) is 36.2 Å². The predicted octanol–water partition coefficient (Wildman–Crippen LogP) is 1.68. The second kappa shape index (κ2) is 3.11. The highest BCUT2D eigenvalue weighted by Gasteiger charge is 2.02. The van der Waals surface area contributed by atoms with Crippen LogP contribution in [0.3, 0.4) is 0 Å². The van der Waals surface area contributed by atoms with Crippen LogP contribution in [-0.2, 0) is 0 Å². The molecule has 0 aromatic carbocycles. The molecule has 1 atom stereocenters. The maximum atomic E-state index is 9.32. The molecule has 0 aliphatic rings. The van der Waals surface area contributed by atoms with E-state index in [4.69, 9.17) is 0 Å². The van der Waals surface area contributed by atoms with Crippen LogP contribution in [0, 0.1) is 0 Å². The summed E-state index contributed by atoms with van der Waals surface area (Å²) in [6.07, 6.45) is 2.91. The lowest BCUT2D eigenvalue weighted by atomic mass is 10.1. The second-order valence-electron chi connectivity index (χ2n) is 2.99. The first-order valence-electron chi connectivity index (χ1n) is 4.16. The Morgan fingerprint density at radius 2 is 2.15 bits per heavy atom. The number of hydrogen-bond donors (Lipinski definition) is 1. The van der Waals surface area contributed by atoms with E-state index in [0.717, 1.165) is 16.6 Å². The van der Waals surface area contributed by atoms with Crippen molar-refractivity contribution in [2.24, 2.45) is 0 Å². The summed E-state index contributed by atoms with van der Waals surface area (Å²) in [6, 6.07) is 5.60. The molecule has 1 N–H and O–H groups in total. The van der Waals surface area contributed by atoms with Gasteiger partial charge in [0.15, 0.2) is 0 Å². The molecule has 0 saturated heterocycles. The Bertz CT molecular complexity index is 426. The fraction of sp³-hybridized carbons (Fsp3) is 0.200. The van der Waals surface area contributed by atoms with E-state index in [1.54, 1.807) is 19.3 Å². The first kappa shape index (κ1) is 8.13. The smallest absolute Gasteiger partial charge is 0.0890 e. The first-order valence-corrected chi connectivity index (χ1v) is 4.16. The van der Waals surface area contributed by atoms with Crippen molar-refractivity contribution in [2.75, 3.05) is 0 Å². The quantitative estimate of drug-likeness (QED) is 0.715. The van der Waals surface area contributed by atoms with Gasteiger partial charge in [0.1, 0.15) is 0 Å². The third-order valence-electron chi connectivity index (χ3n) is 1.95. The first-order chi connectivity index (χ1) is 6.27. The third kappa shape index (κ3) is 1.51. The van der Waals surface area contributed by atoms with Gasteiger partial charge in [-0.3, -0.25) is 9.97 Å². The number of aliphatic hydroxyl groups is 1. The summed E-state index contributed by atoms with van der Waals surface area (Å²) in [5.74, 6) is 0. The Morgan fingerprint density at radius 3 is 2.92 bits per heavy atom. The van der Waals surface area contributed by atoms with Gasteiger partial charge in [-0.15, -0.1) is 0 Å². The monoisotopic (exact) mass is 174 g/mol. The Morgan fingerprint density at radius 1 is 1.31 bits per heavy atom. The zero-order valence-electron chi connectivity index (χ0n) is 7.31. The zero-order chi connectivity index (χ0) is 9.26. The van der Waals surface area contributed by atoms with E-state index in [1.807, 2.05) is 18.2 Å². The summed E-state index contributed by atoms with van der Waals surface area (Å²) in [6.45, 7) is 1.71. The average Bonchev–Trinajstić information content (AvgIpc) is 2.17. The van der Waals surface area contributed by atoms with E-state index in [0.29, 0.717) is 0 Å². The van der Waals surface area contributed by atoms with Crippen LogP contribution < -0.4 is 0 Å². The van der Waals surface area contributed by atoms with Crippen molar-refractivity contribution < 1.29 is 5.11 Å². The van der Waals surface area contributed by atoms with E-state index >= 15 is 0 Å². The van der Waals surface area contributed by atoms with Crippen molar-refractivity contribution in [3.8, 4) is 0 Å². The van der Waals surface area contributed by atoms with Crippen LogP contribution in [0.4, 0.5) is 0 Å². The molecule has 2 rings (SSSR count). The largest absolute Gasteiger partial charge is 0.389 e. The summed E-state index contributed by atoms with van der Waals surface area (Å²) < 4.78 is 0. The van der Waals surface area contributed by atoms with E-state index in [9.17, 15) is 5.11 Å². The Balaban J connectivity index is 2.62. The van der Waals surface area contributed by atoms with Gasteiger partial charge in [0.25, 0.3) is 0 Å². The molecule has 0 amide bonds. The normalized spacial score (nSPS) is 13.1. The molecule has 2 aromatic rings. The average molecular weight is 174 g/mol. The molecule has 3 heteroatoms. The van der Waals surface area contributed by atoms with Gasteiger partial charge in [-0.05, 0) is 25.1 Å². The molecular formula is C10H10N2O. The number of aliphatic hydroxyl groups excluding tert-OH is 1. The highest BCUT2D eigenvalue weighted by Crippen LogP contribution is 2.15. The lowest BCUT2D eigenvalue weighted by molar-refractivity contribution is 0.199. The molecule has 2 aromatic heterocycles. The van der Waals surface area contributed by atoms with Gasteiger partial charge in [0.05, 0.1) is 17.1 Å². The molecule has 66 valence electrons. The van der Waals surface area contributed by atoms with Crippen molar-refractivity contribution in [1.29, 1.82) is 0 Å². The van der Waals surface area contributed by atoms with Crippen LogP contribution in [0.5, 0.6) is 0 Å². The number of hydrogen-bond acceptors (Lipinski definition) is 3. The lowest BCUT2D eigenvalue weighted by Gasteiger charge is -2.03. The molecule has 0 bridgehead atoms. The Hall–Kier alpha value is -1.48. The fourth-order valence-electron chi connectivity index (χ4n) is 1.20. The van der Waals surface area contributed by atoms with Crippen LogP contribution in [-0.4, -0.2) is 15.1 Å². The zero-order valence-corrected chi connectivity index (χ0v) is 7.31. The van der Waals surface area contributed by atoms with Gasteiger partial charge in [-0.25, -0.2) is 0 Å². The molecule has 0 unspecified atom stereocenters. The maximum absolute atomic E-state index is 9.32. The van der Waals surface area contributed by atoms with Gasteiger partial charge in [0, 0.05) is 18.0 Å². The summed E-state index contributed by atoms with van der Waals surface area (Å²) >= 11 is 0. The highest BCUT2D eigenvalue weighted by atomic mass is 16.3.